The van der Waals surface area contributed by atoms with Crippen molar-refractivity contribution in [1.29, 1.82) is 0 Å². The van der Waals surface area contributed by atoms with Crippen LogP contribution in [0, 0.1) is 0 Å². The highest BCUT2D eigenvalue weighted by atomic mass is 35.5. The smallest absolute Gasteiger partial charge is 0.0845 e. The number of aliphatic hydroxyl groups excluding tert-OH is 1. The second kappa shape index (κ2) is 6.34. The van der Waals surface area contributed by atoms with E-state index in [1.54, 1.807) is 30.3 Å². The summed E-state index contributed by atoms with van der Waals surface area (Å²) in [6, 6.07) is 10.2. The van der Waals surface area contributed by atoms with Crippen molar-refractivity contribution >= 4 is 46.4 Å². The van der Waals surface area contributed by atoms with E-state index in [4.69, 9.17) is 46.4 Å². The summed E-state index contributed by atoms with van der Waals surface area (Å²) in [6.45, 7) is 0. The van der Waals surface area contributed by atoms with E-state index in [1.807, 2.05) is 6.07 Å². The van der Waals surface area contributed by atoms with Crippen LogP contribution in [0.1, 0.15) is 17.2 Å². The zero-order valence-corrected chi connectivity index (χ0v) is 12.7. The summed E-state index contributed by atoms with van der Waals surface area (Å²) in [5, 5.41) is 12.2. The van der Waals surface area contributed by atoms with Crippen LogP contribution in [-0.4, -0.2) is 5.11 Å². The molecule has 0 heterocycles. The van der Waals surface area contributed by atoms with Crippen LogP contribution in [0.4, 0.5) is 0 Å². The van der Waals surface area contributed by atoms with Crippen molar-refractivity contribution in [2.75, 3.05) is 0 Å². The predicted octanol–water partition coefficient (Wildman–Crippen LogP) is 5.58. The molecule has 0 radical (unpaired) electrons. The number of hydrogen-bond donors (Lipinski definition) is 1. The maximum atomic E-state index is 10.2. The van der Waals surface area contributed by atoms with E-state index in [2.05, 4.69) is 0 Å². The van der Waals surface area contributed by atoms with Gasteiger partial charge in [0.25, 0.3) is 0 Å². The summed E-state index contributed by atoms with van der Waals surface area (Å²) in [7, 11) is 0. The highest BCUT2D eigenvalue weighted by molar-refractivity contribution is 6.42. The Balaban J connectivity index is 2.22. The van der Waals surface area contributed by atoms with Crippen molar-refractivity contribution in [3.05, 3.63) is 67.6 Å². The summed E-state index contributed by atoms with van der Waals surface area (Å²) in [5.41, 5.74) is 1.47. The first kappa shape index (κ1) is 15.0. The Labute approximate surface area is 131 Å². The number of rotatable bonds is 3. The molecule has 1 unspecified atom stereocenters. The Morgan fingerprint density at radius 3 is 2.21 bits per heavy atom. The standard InChI is InChI=1S/C14H10Cl4O/c15-9-2-4-11(16)10(7-9)14(19)6-8-1-3-12(17)13(18)5-8/h1-5,7,14,19H,6H2. The van der Waals surface area contributed by atoms with Gasteiger partial charge in [-0.3, -0.25) is 0 Å². The van der Waals surface area contributed by atoms with E-state index in [-0.39, 0.29) is 0 Å². The van der Waals surface area contributed by atoms with Crippen LogP contribution in [0.25, 0.3) is 0 Å². The number of hydrogen-bond acceptors (Lipinski definition) is 1. The third-order valence-corrected chi connectivity index (χ3v) is 4.05. The molecule has 0 saturated heterocycles. The van der Waals surface area contributed by atoms with E-state index in [9.17, 15) is 5.11 Å². The molecular formula is C14H10Cl4O. The summed E-state index contributed by atoms with van der Waals surface area (Å²) < 4.78 is 0. The Bertz CT molecular complexity index is 598. The van der Waals surface area contributed by atoms with Crippen LogP contribution in [-0.2, 0) is 6.42 Å². The van der Waals surface area contributed by atoms with E-state index >= 15 is 0 Å². The molecule has 0 bridgehead atoms. The number of aliphatic hydroxyl groups is 1. The number of halogens is 4. The van der Waals surface area contributed by atoms with E-state index in [0.717, 1.165) is 5.56 Å². The minimum Gasteiger partial charge on any atom is -0.388 e. The zero-order valence-electron chi connectivity index (χ0n) is 9.71. The Morgan fingerprint density at radius 1 is 0.842 bits per heavy atom. The molecule has 0 fully saturated rings. The fourth-order valence-corrected chi connectivity index (χ4v) is 2.51. The molecule has 1 nitrogen and oxygen atoms in total. The van der Waals surface area contributed by atoms with E-state index in [0.29, 0.717) is 32.1 Å². The van der Waals surface area contributed by atoms with Gasteiger partial charge in [0.15, 0.2) is 0 Å². The summed E-state index contributed by atoms with van der Waals surface area (Å²) >= 11 is 23.7. The molecule has 0 amide bonds. The fourth-order valence-electron chi connectivity index (χ4n) is 1.77. The minimum atomic E-state index is -0.747. The lowest BCUT2D eigenvalue weighted by molar-refractivity contribution is 0.178. The Morgan fingerprint density at radius 2 is 1.53 bits per heavy atom. The lowest BCUT2D eigenvalue weighted by atomic mass is 10.0. The van der Waals surface area contributed by atoms with Gasteiger partial charge < -0.3 is 5.11 Å². The largest absolute Gasteiger partial charge is 0.388 e. The highest BCUT2D eigenvalue weighted by Gasteiger charge is 2.13. The Hall–Kier alpha value is -0.440. The predicted molar refractivity (Wildman–Crippen MR) is 81.6 cm³/mol. The lowest BCUT2D eigenvalue weighted by Gasteiger charge is -2.13. The highest BCUT2D eigenvalue weighted by Crippen LogP contribution is 2.30. The molecule has 2 aromatic rings. The maximum absolute atomic E-state index is 10.2. The van der Waals surface area contributed by atoms with Crippen LogP contribution in [0.3, 0.4) is 0 Å². The second-order valence-corrected chi connectivity index (χ2v) is 5.79. The SMILES string of the molecule is OC(Cc1ccc(Cl)c(Cl)c1)c1cc(Cl)ccc1Cl. The van der Waals surface area contributed by atoms with Gasteiger partial charge >= 0.3 is 0 Å². The van der Waals surface area contributed by atoms with Gasteiger partial charge in [-0.1, -0.05) is 52.5 Å². The van der Waals surface area contributed by atoms with E-state index in [1.165, 1.54) is 0 Å². The van der Waals surface area contributed by atoms with Gasteiger partial charge in [-0.2, -0.15) is 0 Å². The number of benzene rings is 2. The normalized spacial score (nSPS) is 12.5. The fraction of sp³-hybridized carbons (Fsp3) is 0.143. The first-order valence-electron chi connectivity index (χ1n) is 5.54. The van der Waals surface area contributed by atoms with Crippen LogP contribution in [0.15, 0.2) is 36.4 Å². The van der Waals surface area contributed by atoms with Crippen LogP contribution < -0.4 is 0 Å². The summed E-state index contributed by atoms with van der Waals surface area (Å²) in [5.74, 6) is 0. The van der Waals surface area contributed by atoms with Crippen molar-refractivity contribution in [2.24, 2.45) is 0 Å². The monoisotopic (exact) mass is 334 g/mol. The molecule has 0 aromatic heterocycles. The van der Waals surface area contributed by atoms with Crippen molar-refractivity contribution in [1.82, 2.24) is 0 Å². The molecule has 5 heteroatoms. The van der Waals surface area contributed by atoms with Gasteiger partial charge in [-0.05, 0) is 35.9 Å². The average molecular weight is 336 g/mol. The first-order valence-corrected chi connectivity index (χ1v) is 7.05. The van der Waals surface area contributed by atoms with Crippen molar-refractivity contribution in [2.45, 2.75) is 12.5 Å². The molecular weight excluding hydrogens is 326 g/mol. The van der Waals surface area contributed by atoms with Crippen LogP contribution in [0.5, 0.6) is 0 Å². The minimum absolute atomic E-state index is 0.386. The van der Waals surface area contributed by atoms with Crippen LogP contribution in [0.2, 0.25) is 20.1 Å². The van der Waals surface area contributed by atoms with Gasteiger partial charge in [0.1, 0.15) is 0 Å². The van der Waals surface area contributed by atoms with E-state index < -0.39 is 6.10 Å². The molecule has 0 saturated carbocycles. The van der Waals surface area contributed by atoms with Crippen molar-refractivity contribution in [3.8, 4) is 0 Å². The van der Waals surface area contributed by atoms with Crippen molar-refractivity contribution in [3.63, 3.8) is 0 Å². The molecule has 2 rings (SSSR count). The topological polar surface area (TPSA) is 20.2 Å². The van der Waals surface area contributed by atoms with Gasteiger partial charge in [0.2, 0.25) is 0 Å². The van der Waals surface area contributed by atoms with Crippen molar-refractivity contribution < 1.29 is 5.11 Å². The van der Waals surface area contributed by atoms with Gasteiger partial charge in [-0.25, -0.2) is 0 Å². The molecule has 19 heavy (non-hydrogen) atoms. The third kappa shape index (κ3) is 3.77. The zero-order chi connectivity index (χ0) is 14.0. The molecule has 2 aromatic carbocycles. The molecule has 0 spiro atoms. The summed E-state index contributed by atoms with van der Waals surface area (Å²) in [4.78, 5) is 0. The molecule has 1 N–H and O–H groups in total. The third-order valence-electron chi connectivity index (χ3n) is 2.73. The molecule has 100 valence electrons. The molecule has 1 atom stereocenters. The first-order chi connectivity index (χ1) is 8.97. The quantitative estimate of drug-likeness (QED) is 0.776. The van der Waals surface area contributed by atoms with Gasteiger partial charge in [0.05, 0.1) is 16.1 Å². The molecule has 0 aliphatic carbocycles. The molecule has 0 aliphatic rings. The summed E-state index contributed by atoms with van der Waals surface area (Å²) in [6.07, 6.45) is -0.361. The second-order valence-electron chi connectivity index (χ2n) is 4.13. The molecule has 0 aliphatic heterocycles. The lowest BCUT2D eigenvalue weighted by Crippen LogP contribution is -2.02. The van der Waals surface area contributed by atoms with Gasteiger partial charge in [-0.15, -0.1) is 0 Å². The van der Waals surface area contributed by atoms with Gasteiger partial charge in [0, 0.05) is 22.0 Å². The average Bonchev–Trinajstić information content (AvgIpc) is 2.36. The van der Waals surface area contributed by atoms with Crippen LogP contribution >= 0.6 is 46.4 Å². The maximum Gasteiger partial charge on any atom is 0.0845 e. The Kier molecular flexibility index (Phi) is 4.99.